The molecule has 40 heavy (non-hydrogen) atoms. The van der Waals surface area contributed by atoms with Gasteiger partial charge in [-0.15, -0.1) is 0 Å². The molecular formula is C32H44O8. The first kappa shape index (κ1) is 28.3. The van der Waals surface area contributed by atoms with E-state index in [2.05, 4.69) is 27.4 Å². The number of Topliss-reactive ketones (excluding diaryl/α,β-unsaturated/α-hetero) is 1. The predicted molar refractivity (Wildman–Crippen MR) is 146 cm³/mol. The molecule has 0 unspecified atom stereocenters. The Bertz CT molecular complexity index is 1160. The first-order valence-corrected chi connectivity index (χ1v) is 14.5. The molecule has 0 aromatic heterocycles. The van der Waals surface area contributed by atoms with Gasteiger partial charge >= 0.3 is 0 Å². The van der Waals surface area contributed by atoms with Gasteiger partial charge in [0.05, 0.1) is 19.3 Å². The van der Waals surface area contributed by atoms with E-state index in [1.165, 1.54) is 0 Å². The molecule has 5 fully saturated rings. The number of carbonyl (C=O) groups is 1. The lowest BCUT2D eigenvalue weighted by Gasteiger charge is -2.61. The number of benzene rings is 1. The van der Waals surface area contributed by atoms with Crippen LogP contribution in [-0.2, 0) is 33.2 Å². The van der Waals surface area contributed by atoms with Crippen molar-refractivity contribution < 1.29 is 38.0 Å². The van der Waals surface area contributed by atoms with Gasteiger partial charge in [0, 0.05) is 29.9 Å². The molecule has 2 bridgehead atoms. The molecule has 3 aliphatic carbocycles. The van der Waals surface area contributed by atoms with Gasteiger partial charge in [0.2, 0.25) is 0 Å². The minimum absolute atomic E-state index is 0.0324. The van der Waals surface area contributed by atoms with Crippen molar-refractivity contribution in [2.45, 2.75) is 102 Å². The lowest BCUT2D eigenvalue weighted by molar-refractivity contribution is -0.243. The quantitative estimate of drug-likeness (QED) is 0.355. The van der Waals surface area contributed by atoms with Crippen molar-refractivity contribution in [3.63, 3.8) is 0 Å². The lowest BCUT2D eigenvalue weighted by atomic mass is 9.47. The van der Waals surface area contributed by atoms with Crippen LogP contribution in [0.3, 0.4) is 0 Å². The average Bonchev–Trinajstić information content (AvgIpc) is 3.49. The fourth-order valence-corrected chi connectivity index (χ4v) is 8.48. The predicted octanol–water partition coefficient (Wildman–Crippen LogP) is 5.35. The van der Waals surface area contributed by atoms with Crippen LogP contribution in [0.2, 0.25) is 0 Å². The first-order chi connectivity index (χ1) is 18.9. The van der Waals surface area contributed by atoms with Crippen LogP contribution in [0, 0.1) is 22.7 Å². The van der Waals surface area contributed by atoms with Gasteiger partial charge < -0.3 is 33.2 Å². The number of carbonyl (C=O) groups excluding carboxylic acids is 1. The third-order valence-corrected chi connectivity index (χ3v) is 10.8. The van der Waals surface area contributed by atoms with Crippen LogP contribution in [0.25, 0.3) is 0 Å². The third kappa shape index (κ3) is 3.97. The van der Waals surface area contributed by atoms with Crippen molar-refractivity contribution in [1.82, 2.24) is 0 Å². The Morgan fingerprint density at radius 2 is 1.70 bits per heavy atom. The van der Waals surface area contributed by atoms with Gasteiger partial charge in [0.15, 0.2) is 24.0 Å². The molecule has 2 aliphatic heterocycles. The molecule has 8 heteroatoms. The molecule has 1 aromatic carbocycles. The second-order valence-corrected chi connectivity index (χ2v) is 13.6. The average molecular weight is 557 g/mol. The minimum atomic E-state index is -1.03. The van der Waals surface area contributed by atoms with Crippen molar-refractivity contribution in [3.8, 4) is 5.75 Å². The fraction of sp³-hybridized carbons (Fsp3) is 0.719. The highest BCUT2D eigenvalue weighted by atomic mass is 16.8. The third-order valence-electron chi connectivity index (χ3n) is 10.8. The van der Waals surface area contributed by atoms with Crippen molar-refractivity contribution in [1.29, 1.82) is 0 Å². The van der Waals surface area contributed by atoms with Crippen molar-refractivity contribution in [2.24, 2.45) is 22.7 Å². The molecule has 2 heterocycles. The molecule has 5 aliphatic rings. The Labute approximate surface area is 237 Å². The molecule has 3 saturated carbocycles. The van der Waals surface area contributed by atoms with Crippen molar-refractivity contribution in [3.05, 3.63) is 42.0 Å². The van der Waals surface area contributed by atoms with E-state index in [0.717, 1.165) is 36.1 Å². The Kier molecular flexibility index (Phi) is 6.80. The van der Waals surface area contributed by atoms with Gasteiger partial charge in [0.1, 0.15) is 24.2 Å². The molecule has 0 radical (unpaired) electrons. The summed E-state index contributed by atoms with van der Waals surface area (Å²) in [7, 11) is 3.27. The Morgan fingerprint density at radius 3 is 2.38 bits per heavy atom. The largest absolute Gasteiger partial charge is 0.497 e. The molecule has 1 aromatic rings. The van der Waals surface area contributed by atoms with E-state index in [4.69, 9.17) is 33.2 Å². The second-order valence-electron chi connectivity index (χ2n) is 13.6. The monoisotopic (exact) mass is 556 g/mol. The maximum Gasteiger partial charge on any atom is 0.185 e. The van der Waals surface area contributed by atoms with E-state index in [0.29, 0.717) is 6.42 Å². The molecule has 9 atom stereocenters. The van der Waals surface area contributed by atoms with Gasteiger partial charge in [-0.2, -0.15) is 0 Å². The zero-order valence-corrected chi connectivity index (χ0v) is 24.9. The molecule has 220 valence electrons. The van der Waals surface area contributed by atoms with Crippen molar-refractivity contribution >= 4 is 5.78 Å². The van der Waals surface area contributed by atoms with Crippen LogP contribution in [-0.4, -0.2) is 62.6 Å². The summed E-state index contributed by atoms with van der Waals surface area (Å²) in [6.45, 7) is 15.4. The number of ketones is 1. The standard InChI is InChI=1S/C32H44O8/c1-18-22-15-20-16-23(33)25-32(29(20,2)3,40-28(37-25)19-9-11-21(35-8)12-10-19)27-26(38-30(4,5)39-27)31(22,6)14-13-24(18)36-17-34-7/h9-12,20,22,24-28H,1,13-17H2,2-8H3/t20-,22-,24+,25-,26+,27+,28-,31-,32+/m1/s1. The normalized spacial score (nSPS) is 43.3. The maximum absolute atomic E-state index is 14.0. The summed E-state index contributed by atoms with van der Waals surface area (Å²) in [6.07, 6.45) is 0.480. The smallest absolute Gasteiger partial charge is 0.185 e. The minimum Gasteiger partial charge on any atom is -0.497 e. The zero-order chi connectivity index (χ0) is 28.7. The van der Waals surface area contributed by atoms with Gasteiger partial charge in [-0.05, 0) is 62.7 Å². The highest BCUT2D eigenvalue weighted by molar-refractivity contribution is 5.87. The maximum atomic E-state index is 14.0. The Hall–Kier alpha value is -1.81. The molecule has 0 amide bonds. The van der Waals surface area contributed by atoms with Crippen LogP contribution in [0.1, 0.15) is 72.2 Å². The molecular weight excluding hydrogens is 512 g/mol. The summed E-state index contributed by atoms with van der Waals surface area (Å²) in [5, 5.41) is 0. The Morgan fingerprint density at radius 1 is 1.00 bits per heavy atom. The van der Waals surface area contributed by atoms with Gasteiger partial charge in [-0.25, -0.2) is 0 Å². The second kappa shape index (κ2) is 9.61. The van der Waals surface area contributed by atoms with E-state index in [9.17, 15) is 4.79 Å². The van der Waals surface area contributed by atoms with Crippen LogP contribution >= 0.6 is 0 Å². The summed E-state index contributed by atoms with van der Waals surface area (Å²) in [5.74, 6) is 0.0667. The first-order valence-electron chi connectivity index (χ1n) is 14.5. The highest BCUT2D eigenvalue weighted by Gasteiger charge is 2.76. The SMILES string of the molecule is C=C1[C@@H](OCOC)CC[C@]2(C)[C@@H]1C[C@@H]1CC(=O)[C@H]3O[C@@H](c4ccc(OC)cc4)O[C@@]3([C@H]3OC(C)(C)O[C@@H]32)C1(C)C. The lowest BCUT2D eigenvalue weighted by Crippen LogP contribution is -2.73. The van der Waals surface area contributed by atoms with Crippen LogP contribution in [0.15, 0.2) is 36.4 Å². The summed E-state index contributed by atoms with van der Waals surface area (Å²) >= 11 is 0. The fourth-order valence-electron chi connectivity index (χ4n) is 8.48. The number of fused-ring (bicyclic) bond motifs is 4. The van der Waals surface area contributed by atoms with E-state index in [1.54, 1.807) is 14.2 Å². The van der Waals surface area contributed by atoms with Crippen LogP contribution in [0.5, 0.6) is 5.75 Å². The molecule has 1 spiro atoms. The van der Waals surface area contributed by atoms with Gasteiger partial charge in [0.25, 0.3) is 0 Å². The number of ether oxygens (including phenoxy) is 7. The number of hydrogen-bond donors (Lipinski definition) is 0. The van der Waals surface area contributed by atoms with E-state index >= 15 is 0 Å². The van der Waals surface area contributed by atoms with Crippen LogP contribution < -0.4 is 4.74 Å². The van der Waals surface area contributed by atoms with E-state index < -0.39 is 35.3 Å². The summed E-state index contributed by atoms with van der Waals surface area (Å²) < 4.78 is 44.0. The Balaban J connectivity index is 1.46. The summed E-state index contributed by atoms with van der Waals surface area (Å²) in [4.78, 5) is 14.0. The number of methoxy groups -OCH3 is 2. The van der Waals surface area contributed by atoms with Crippen molar-refractivity contribution in [2.75, 3.05) is 21.0 Å². The molecule has 6 rings (SSSR count). The van der Waals surface area contributed by atoms with E-state index in [-0.39, 0.29) is 42.0 Å². The topological polar surface area (TPSA) is 81.7 Å². The molecule has 2 saturated heterocycles. The summed E-state index contributed by atoms with van der Waals surface area (Å²) in [6, 6.07) is 7.65. The number of hydrogen-bond acceptors (Lipinski definition) is 8. The van der Waals surface area contributed by atoms with Gasteiger partial charge in [-0.1, -0.05) is 39.5 Å². The van der Waals surface area contributed by atoms with Crippen LogP contribution in [0.4, 0.5) is 0 Å². The molecule has 0 N–H and O–H groups in total. The number of rotatable bonds is 5. The summed E-state index contributed by atoms with van der Waals surface area (Å²) in [5.41, 5.74) is 0.0982. The highest BCUT2D eigenvalue weighted by Crippen LogP contribution is 2.67. The molecule has 8 nitrogen and oxygen atoms in total. The van der Waals surface area contributed by atoms with E-state index in [1.807, 2.05) is 38.1 Å². The van der Waals surface area contributed by atoms with Gasteiger partial charge in [-0.3, -0.25) is 4.79 Å². The zero-order valence-electron chi connectivity index (χ0n) is 24.9.